The van der Waals surface area contributed by atoms with Gasteiger partial charge in [-0.15, -0.1) is 0 Å². The fraction of sp³-hybridized carbons (Fsp3) is 0.182. The highest BCUT2D eigenvalue weighted by Gasteiger charge is 2.03. The Morgan fingerprint density at radius 3 is 2.47 bits per heavy atom. The quantitative estimate of drug-likeness (QED) is 0.449. The second-order valence-electron chi connectivity index (χ2n) is 3.22. The van der Waals surface area contributed by atoms with Gasteiger partial charge in [-0.1, -0.05) is 28.8 Å². The van der Waals surface area contributed by atoms with E-state index in [2.05, 4.69) is 0 Å². The van der Waals surface area contributed by atoms with E-state index in [9.17, 15) is 4.79 Å². The molecule has 1 aromatic carbocycles. The Kier molecular flexibility index (Phi) is 4.18. The molecule has 4 heteroatoms. The summed E-state index contributed by atoms with van der Waals surface area (Å²) in [7, 11) is 0. The van der Waals surface area contributed by atoms with Gasteiger partial charge in [0.2, 0.25) is 0 Å². The van der Waals surface area contributed by atoms with Gasteiger partial charge in [-0.2, -0.15) is 0 Å². The molecule has 0 N–H and O–H groups in total. The van der Waals surface area contributed by atoms with E-state index in [0.29, 0.717) is 15.8 Å². The lowest BCUT2D eigenvalue weighted by atomic mass is 10.3. The van der Waals surface area contributed by atoms with Gasteiger partial charge < -0.3 is 4.74 Å². The van der Waals surface area contributed by atoms with Crippen LogP contribution in [0.25, 0.3) is 0 Å². The molecule has 0 heterocycles. The van der Waals surface area contributed by atoms with E-state index in [1.54, 1.807) is 12.1 Å². The molecular formula is C11H10Cl2O2. The Bertz CT molecular complexity index is 407. The summed E-state index contributed by atoms with van der Waals surface area (Å²) in [5.41, 5.74) is 0.875. The van der Waals surface area contributed by atoms with Crippen LogP contribution in [-0.2, 0) is 4.79 Å². The number of hydrogen-bond acceptors (Lipinski definition) is 2. The number of esters is 1. The van der Waals surface area contributed by atoms with Crippen LogP contribution in [-0.4, -0.2) is 5.97 Å². The summed E-state index contributed by atoms with van der Waals surface area (Å²) in [6, 6.07) is 4.67. The van der Waals surface area contributed by atoms with Crippen LogP contribution in [0.15, 0.2) is 29.8 Å². The zero-order valence-corrected chi connectivity index (χ0v) is 9.89. The largest absolute Gasteiger partial charge is 0.423 e. The number of rotatable bonds is 2. The molecule has 0 aliphatic carbocycles. The Hall–Kier alpha value is -0.990. The van der Waals surface area contributed by atoms with Gasteiger partial charge >= 0.3 is 5.97 Å². The molecule has 2 nitrogen and oxygen atoms in total. The van der Waals surface area contributed by atoms with Gasteiger partial charge in [0.1, 0.15) is 5.75 Å². The van der Waals surface area contributed by atoms with Crippen LogP contribution in [0.2, 0.25) is 10.0 Å². The van der Waals surface area contributed by atoms with E-state index in [4.69, 9.17) is 27.9 Å². The first kappa shape index (κ1) is 12.1. The molecule has 0 amide bonds. The number of ether oxygens (including phenoxy) is 1. The van der Waals surface area contributed by atoms with Crippen LogP contribution in [0.4, 0.5) is 0 Å². The van der Waals surface area contributed by atoms with Gasteiger partial charge in [0.15, 0.2) is 0 Å². The first-order valence-electron chi connectivity index (χ1n) is 4.31. The average Bonchev–Trinajstić information content (AvgIpc) is 2.10. The Labute approximate surface area is 98.4 Å². The molecule has 15 heavy (non-hydrogen) atoms. The van der Waals surface area contributed by atoms with Crippen molar-refractivity contribution in [1.82, 2.24) is 0 Å². The molecule has 0 atom stereocenters. The summed E-state index contributed by atoms with van der Waals surface area (Å²) in [4.78, 5) is 11.2. The molecular weight excluding hydrogens is 235 g/mol. The molecule has 0 spiro atoms. The van der Waals surface area contributed by atoms with Crippen LogP contribution < -0.4 is 4.74 Å². The van der Waals surface area contributed by atoms with Crippen molar-refractivity contribution in [2.24, 2.45) is 0 Å². The molecule has 80 valence electrons. The third kappa shape index (κ3) is 3.94. The topological polar surface area (TPSA) is 26.3 Å². The smallest absolute Gasteiger partial charge is 0.336 e. The Morgan fingerprint density at radius 2 is 1.93 bits per heavy atom. The fourth-order valence-electron chi connectivity index (χ4n) is 0.922. The molecule has 0 radical (unpaired) electrons. The van der Waals surface area contributed by atoms with Crippen LogP contribution in [0.1, 0.15) is 13.8 Å². The monoisotopic (exact) mass is 244 g/mol. The molecule has 0 aliphatic heterocycles. The van der Waals surface area contributed by atoms with Crippen molar-refractivity contribution in [3.63, 3.8) is 0 Å². The van der Waals surface area contributed by atoms with E-state index < -0.39 is 5.97 Å². The number of allylic oxidation sites excluding steroid dienone is 1. The predicted molar refractivity (Wildman–Crippen MR) is 61.5 cm³/mol. The van der Waals surface area contributed by atoms with Crippen LogP contribution >= 0.6 is 23.2 Å². The predicted octanol–water partition coefficient (Wildman–Crippen LogP) is 3.87. The normalized spacial score (nSPS) is 9.60. The van der Waals surface area contributed by atoms with Crippen LogP contribution in [0, 0.1) is 0 Å². The maximum absolute atomic E-state index is 11.2. The van der Waals surface area contributed by atoms with Crippen molar-refractivity contribution in [3.05, 3.63) is 39.9 Å². The summed E-state index contributed by atoms with van der Waals surface area (Å²) in [5, 5.41) is 0.790. The standard InChI is InChI=1S/C11H10Cl2O2/c1-7(2)5-11(14)15-8-3-4-9(12)10(13)6-8/h3-6H,1-2H3. The minimum absolute atomic E-state index is 0.360. The summed E-state index contributed by atoms with van der Waals surface area (Å²) >= 11 is 11.5. The van der Waals surface area contributed by atoms with Gasteiger partial charge in [0, 0.05) is 12.1 Å². The van der Waals surface area contributed by atoms with Crippen molar-refractivity contribution in [3.8, 4) is 5.75 Å². The molecule has 0 saturated heterocycles. The number of benzene rings is 1. The molecule has 0 bridgehead atoms. The minimum atomic E-state index is -0.423. The second-order valence-corrected chi connectivity index (χ2v) is 4.03. The first-order valence-corrected chi connectivity index (χ1v) is 5.06. The maximum Gasteiger partial charge on any atom is 0.336 e. The van der Waals surface area contributed by atoms with Crippen molar-refractivity contribution < 1.29 is 9.53 Å². The first-order chi connectivity index (χ1) is 6.99. The maximum atomic E-state index is 11.2. The van der Waals surface area contributed by atoms with Gasteiger partial charge in [-0.3, -0.25) is 0 Å². The number of carbonyl (C=O) groups is 1. The zero-order chi connectivity index (χ0) is 11.4. The SMILES string of the molecule is CC(C)=CC(=O)Oc1ccc(Cl)c(Cl)c1. The zero-order valence-electron chi connectivity index (χ0n) is 8.38. The third-order valence-corrected chi connectivity index (χ3v) is 2.26. The van der Waals surface area contributed by atoms with Gasteiger partial charge in [-0.05, 0) is 26.0 Å². The van der Waals surface area contributed by atoms with E-state index in [-0.39, 0.29) is 0 Å². The van der Waals surface area contributed by atoms with Gasteiger partial charge in [-0.25, -0.2) is 4.79 Å². The third-order valence-electron chi connectivity index (χ3n) is 1.52. The van der Waals surface area contributed by atoms with Gasteiger partial charge in [0.25, 0.3) is 0 Å². The second kappa shape index (κ2) is 5.19. The fourth-order valence-corrected chi connectivity index (χ4v) is 1.21. The summed E-state index contributed by atoms with van der Waals surface area (Å²) in [5.74, 6) is -0.0414. The van der Waals surface area contributed by atoms with Crippen LogP contribution in [0.5, 0.6) is 5.75 Å². The average molecular weight is 245 g/mol. The molecule has 0 aliphatic rings. The highest BCUT2D eigenvalue weighted by Crippen LogP contribution is 2.26. The van der Waals surface area contributed by atoms with Crippen molar-refractivity contribution in [1.29, 1.82) is 0 Å². The van der Waals surface area contributed by atoms with Gasteiger partial charge in [0.05, 0.1) is 10.0 Å². The van der Waals surface area contributed by atoms with Crippen molar-refractivity contribution in [2.75, 3.05) is 0 Å². The van der Waals surface area contributed by atoms with Crippen molar-refractivity contribution in [2.45, 2.75) is 13.8 Å². The summed E-state index contributed by atoms with van der Waals surface area (Å²) in [6.45, 7) is 3.63. The molecule has 0 aromatic heterocycles. The Morgan fingerprint density at radius 1 is 1.27 bits per heavy atom. The molecule has 0 unspecified atom stereocenters. The van der Waals surface area contributed by atoms with Crippen molar-refractivity contribution >= 4 is 29.2 Å². The summed E-state index contributed by atoms with van der Waals surface area (Å²) < 4.78 is 5.00. The minimum Gasteiger partial charge on any atom is -0.423 e. The van der Waals surface area contributed by atoms with E-state index in [1.165, 1.54) is 12.1 Å². The highest BCUT2D eigenvalue weighted by atomic mass is 35.5. The van der Waals surface area contributed by atoms with E-state index in [1.807, 2.05) is 13.8 Å². The van der Waals surface area contributed by atoms with E-state index >= 15 is 0 Å². The lowest BCUT2D eigenvalue weighted by molar-refractivity contribution is -0.129. The van der Waals surface area contributed by atoms with Crippen LogP contribution in [0.3, 0.4) is 0 Å². The molecule has 1 aromatic rings. The molecule has 0 saturated carbocycles. The number of halogens is 2. The number of hydrogen-bond donors (Lipinski definition) is 0. The highest BCUT2D eigenvalue weighted by molar-refractivity contribution is 6.42. The molecule has 0 fully saturated rings. The van der Waals surface area contributed by atoms with E-state index in [0.717, 1.165) is 5.57 Å². The summed E-state index contributed by atoms with van der Waals surface area (Å²) in [6.07, 6.45) is 1.41. The number of carbonyl (C=O) groups excluding carboxylic acids is 1. The lowest BCUT2D eigenvalue weighted by Gasteiger charge is -2.02. The Balaban J connectivity index is 2.78. The molecule has 1 rings (SSSR count). The lowest BCUT2D eigenvalue weighted by Crippen LogP contribution is -2.04.